The Morgan fingerprint density at radius 3 is 2.79 bits per heavy atom. The molecule has 0 fully saturated rings. The molecule has 0 atom stereocenters. The van der Waals surface area contributed by atoms with E-state index in [9.17, 15) is 0 Å². The molecule has 2 heterocycles. The zero-order chi connectivity index (χ0) is 9.97. The van der Waals surface area contributed by atoms with Gasteiger partial charge in [-0.1, -0.05) is 11.6 Å². The first kappa shape index (κ1) is 9.62. The minimum absolute atomic E-state index is 0.476. The van der Waals surface area contributed by atoms with Crippen LogP contribution in [0.4, 0.5) is 0 Å². The molecule has 0 aliphatic heterocycles. The summed E-state index contributed by atoms with van der Waals surface area (Å²) in [7, 11) is 0. The molecule has 0 amide bonds. The van der Waals surface area contributed by atoms with Gasteiger partial charge in [0.1, 0.15) is 9.76 Å². The third-order valence-corrected chi connectivity index (χ3v) is 2.33. The highest BCUT2D eigenvalue weighted by atomic mass is 79.9. The summed E-state index contributed by atoms with van der Waals surface area (Å²) in [6, 6.07) is 10.2. The zero-order valence-corrected chi connectivity index (χ0v) is 9.38. The van der Waals surface area contributed by atoms with Gasteiger partial charge in [0.05, 0.1) is 5.69 Å². The molecule has 2 rings (SSSR count). The van der Waals surface area contributed by atoms with Crippen molar-refractivity contribution in [1.82, 2.24) is 9.97 Å². The smallest absolute Gasteiger partial charge is 0.129 e. The summed E-state index contributed by atoms with van der Waals surface area (Å²) in [4.78, 5) is 8.23. The van der Waals surface area contributed by atoms with Crippen LogP contribution >= 0.6 is 27.5 Å². The van der Waals surface area contributed by atoms with Crippen LogP contribution in [-0.4, -0.2) is 9.97 Å². The number of pyridine rings is 2. The van der Waals surface area contributed by atoms with E-state index in [0.29, 0.717) is 5.15 Å². The lowest BCUT2D eigenvalue weighted by Gasteiger charge is -1.99. The Bertz CT molecular complexity index is 442. The van der Waals surface area contributed by atoms with Gasteiger partial charge in [0.15, 0.2) is 0 Å². The van der Waals surface area contributed by atoms with Crippen LogP contribution < -0.4 is 0 Å². The maximum atomic E-state index is 5.68. The molecule has 1 radical (unpaired) electrons. The number of halogens is 2. The van der Waals surface area contributed by atoms with Crippen molar-refractivity contribution < 1.29 is 0 Å². The first-order valence-corrected chi connectivity index (χ1v) is 5.09. The third kappa shape index (κ3) is 2.11. The van der Waals surface area contributed by atoms with Gasteiger partial charge in [0.2, 0.25) is 0 Å². The van der Waals surface area contributed by atoms with Crippen molar-refractivity contribution in [2.24, 2.45) is 0 Å². The number of hydrogen-bond donors (Lipinski definition) is 0. The van der Waals surface area contributed by atoms with Crippen LogP contribution in [0.2, 0.25) is 5.15 Å². The van der Waals surface area contributed by atoms with E-state index in [1.54, 1.807) is 18.3 Å². The minimum atomic E-state index is 0.476. The molecule has 0 bridgehead atoms. The van der Waals surface area contributed by atoms with Gasteiger partial charge in [-0.25, -0.2) is 9.97 Å². The van der Waals surface area contributed by atoms with E-state index in [1.807, 2.05) is 12.1 Å². The topological polar surface area (TPSA) is 25.8 Å². The van der Waals surface area contributed by atoms with E-state index >= 15 is 0 Å². The predicted molar refractivity (Wildman–Crippen MR) is 59.0 cm³/mol. The van der Waals surface area contributed by atoms with E-state index in [0.717, 1.165) is 15.9 Å². The molecule has 2 nitrogen and oxygen atoms in total. The third-order valence-electron chi connectivity index (χ3n) is 1.66. The van der Waals surface area contributed by atoms with Gasteiger partial charge in [0.25, 0.3) is 0 Å². The second-order valence-corrected chi connectivity index (χ2v) is 3.83. The van der Waals surface area contributed by atoms with Crippen molar-refractivity contribution in [3.05, 3.63) is 46.3 Å². The van der Waals surface area contributed by atoms with Crippen molar-refractivity contribution in [3.8, 4) is 11.3 Å². The lowest BCUT2D eigenvalue weighted by Crippen LogP contribution is -1.85. The lowest BCUT2D eigenvalue weighted by atomic mass is 10.2. The zero-order valence-electron chi connectivity index (χ0n) is 7.04. The largest absolute Gasteiger partial charge is 0.244 e. The Labute approximate surface area is 95.1 Å². The van der Waals surface area contributed by atoms with E-state index in [4.69, 9.17) is 11.6 Å². The molecule has 0 saturated carbocycles. The molecule has 69 valence electrons. The Kier molecular flexibility index (Phi) is 2.79. The van der Waals surface area contributed by atoms with Crippen molar-refractivity contribution in [2.45, 2.75) is 0 Å². The number of hydrogen-bond acceptors (Lipinski definition) is 2. The van der Waals surface area contributed by atoms with Crippen molar-refractivity contribution in [2.75, 3.05) is 0 Å². The van der Waals surface area contributed by atoms with Gasteiger partial charge in [-0.15, -0.1) is 0 Å². The molecule has 4 heteroatoms. The standard InChI is InChI=1S/C10H5BrClN2/c11-9-3-1-2-8(14-9)7-4-5-10(12)13-6-7/h1,3-6H. The van der Waals surface area contributed by atoms with Crippen molar-refractivity contribution in [1.29, 1.82) is 0 Å². The Balaban J connectivity index is 2.44. The SMILES string of the molecule is Clc1ccc(-c2[c]ccc(Br)n2)cn1. The molecule has 0 spiro atoms. The van der Waals surface area contributed by atoms with Gasteiger partial charge in [-0.2, -0.15) is 0 Å². The summed E-state index contributed by atoms with van der Waals surface area (Å²) in [5.74, 6) is 0. The van der Waals surface area contributed by atoms with Crippen LogP contribution in [0.1, 0.15) is 0 Å². The summed E-state index contributed by atoms with van der Waals surface area (Å²) < 4.78 is 0.779. The molecule has 0 aliphatic rings. The summed E-state index contributed by atoms with van der Waals surface area (Å²) in [6.07, 6.45) is 1.67. The molecule has 2 aromatic heterocycles. The van der Waals surface area contributed by atoms with E-state index in [2.05, 4.69) is 32.0 Å². The van der Waals surface area contributed by atoms with Crippen molar-refractivity contribution in [3.63, 3.8) is 0 Å². The fraction of sp³-hybridized carbons (Fsp3) is 0. The molecule has 0 aliphatic carbocycles. The Hall–Kier alpha value is -0.930. The number of nitrogens with zero attached hydrogens (tertiary/aromatic N) is 2. The van der Waals surface area contributed by atoms with Crippen LogP contribution in [-0.2, 0) is 0 Å². The summed E-state index contributed by atoms with van der Waals surface area (Å²) in [5, 5.41) is 0.476. The normalized spacial score (nSPS) is 10.1. The first-order chi connectivity index (χ1) is 6.75. The van der Waals surface area contributed by atoms with Gasteiger partial charge >= 0.3 is 0 Å². The van der Waals surface area contributed by atoms with Gasteiger partial charge in [-0.3, -0.25) is 0 Å². The van der Waals surface area contributed by atoms with E-state index in [1.165, 1.54) is 0 Å². The monoisotopic (exact) mass is 267 g/mol. The lowest BCUT2D eigenvalue weighted by molar-refractivity contribution is 1.25. The highest BCUT2D eigenvalue weighted by Gasteiger charge is 2.00. The average Bonchev–Trinajstić information content (AvgIpc) is 2.19. The number of rotatable bonds is 1. The summed E-state index contributed by atoms with van der Waals surface area (Å²) >= 11 is 8.98. The quantitative estimate of drug-likeness (QED) is 0.741. The van der Waals surface area contributed by atoms with Crippen LogP contribution in [0.15, 0.2) is 35.1 Å². The number of aromatic nitrogens is 2. The molecule has 14 heavy (non-hydrogen) atoms. The molecule has 0 unspecified atom stereocenters. The fourth-order valence-electron chi connectivity index (χ4n) is 1.03. The second kappa shape index (κ2) is 4.07. The van der Waals surface area contributed by atoms with E-state index in [-0.39, 0.29) is 0 Å². The van der Waals surface area contributed by atoms with Crippen LogP contribution in [0.25, 0.3) is 11.3 Å². The van der Waals surface area contributed by atoms with Gasteiger partial charge in [-0.05, 0) is 40.2 Å². The Morgan fingerprint density at radius 2 is 2.14 bits per heavy atom. The van der Waals surface area contributed by atoms with Gasteiger partial charge in [0, 0.05) is 17.8 Å². The summed E-state index contributed by atoms with van der Waals surface area (Å²) in [6.45, 7) is 0. The van der Waals surface area contributed by atoms with Crippen LogP contribution in [0.3, 0.4) is 0 Å². The van der Waals surface area contributed by atoms with E-state index < -0.39 is 0 Å². The highest BCUT2D eigenvalue weighted by Crippen LogP contribution is 2.18. The molecule has 2 aromatic rings. The first-order valence-electron chi connectivity index (χ1n) is 3.92. The van der Waals surface area contributed by atoms with Crippen LogP contribution in [0.5, 0.6) is 0 Å². The second-order valence-electron chi connectivity index (χ2n) is 2.63. The fourth-order valence-corrected chi connectivity index (χ4v) is 1.45. The van der Waals surface area contributed by atoms with Gasteiger partial charge < -0.3 is 0 Å². The summed E-state index contributed by atoms with van der Waals surface area (Å²) in [5.41, 5.74) is 1.65. The molecule has 0 aromatic carbocycles. The highest BCUT2D eigenvalue weighted by molar-refractivity contribution is 9.10. The Morgan fingerprint density at radius 1 is 1.29 bits per heavy atom. The molecule has 0 saturated heterocycles. The maximum absolute atomic E-state index is 5.68. The van der Waals surface area contributed by atoms with Crippen molar-refractivity contribution >= 4 is 27.5 Å². The average molecular weight is 269 g/mol. The van der Waals surface area contributed by atoms with Crippen LogP contribution in [0, 0.1) is 6.07 Å². The minimum Gasteiger partial charge on any atom is -0.244 e. The maximum Gasteiger partial charge on any atom is 0.129 e. The molecular weight excluding hydrogens is 263 g/mol. The predicted octanol–water partition coefficient (Wildman–Crippen LogP) is 3.36. The molecule has 0 N–H and O–H groups in total. The molecular formula is C10H5BrClN2.